The number of aryl methyl sites for hydroxylation is 1. The Hall–Kier alpha value is -4.14. The van der Waals surface area contributed by atoms with Gasteiger partial charge >= 0.3 is 6.09 Å². The second-order valence-electron chi connectivity index (χ2n) is 15.4. The summed E-state index contributed by atoms with van der Waals surface area (Å²) in [5.41, 5.74) is -0.388. The molecule has 5 atom stereocenters. The molecule has 0 radical (unpaired) electrons. The maximum Gasteiger partial charge on any atom is 0.407 e. The first-order valence-electron chi connectivity index (χ1n) is 19.3. The summed E-state index contributed by atoms with van der Waals surface area (Å²) in [5, 5.41) is 6.80. The van der Waals surface area contributed by atoms with Crippen LogP contribution in [0.2, 0.25) is 0 Å². The third-order valence-corrected chi connectivity index (χ3v) is 13.3. The molecule has 288 valence electrons. The van der Waals surface area contributed by atoms with Gasteiger partial charge in [0.2, 0.25) is 27.7 Å². The van der Waals surface area contributed by atoms with Crippen molar-refractivity contribution in [1.82, 2.24) is 25.2 Å². The summed E-state index contributed by atoms with van der Waals surface area (Å²) in [4.78, 5) is 61.6. The summed E-state index contributed by atoms with van der Waals surface area (Å²) >= 11 is 0. The van der Waals surface area contributed by atoms with Gasteiger partial charge in [0.25, 0.3) is 5.91 Å². The predicted molar refractivity (Wildman–Crippen MR) is 195 cm³/mol. The van der Waals surface area contributed by atoms with E-state index in [1.54, 1.807) is 13.3 Å². The van der Waals surface area contributed by atoms with Gasteiger partial charge in [0.1, 0.15) is 29.5 Å². The fourth-order valence-electron chi connectivity index (χ4n) is 8.23. The predicted octanol–water partition coefficient (Wildman–Crippen LogP) is 4.03. The van der Waals surface area contributed by atoms with Gasteiger partial charge in [0.15, 0.2) is 0 Å². The van der Waals surface area contributed by atoms with Crippen LogP contribution in [0.15, 0.2) is 24.4 Å². The third kappa shape index (κ3) is 8.34. The Labute approximate surface area is 310 Å². The van der Waals surface area contributed by atoms with Crippen LogP contribution in [0.1, 0.15) is 102 Å². The molecule has 3 aliphatic heterocycles. The zero-order chi connectivity index (χ0) is 37.2. The number of pyridine rings is 1. The number of fused-ring (bicyclic) bond motifs is 4. The van der Waals surface area contributed by atoms with Gasteiger partial charge in [0, 0.05) is 18.0 Å². The third-order valence-electron chi connectivity index (χ3n) is 11.5. The average Bonchev–Trinajstić information content (AvgIpc) is 4.06. The molecule has 5 bridgehead atoms. The number of cyclic esters (lactones) is 1. The molecule has 4 heterocycles. The molecule has 2 aromatic rings. The first-order chi connectivity index (χ1) is 25.6. The van der Waals surface area contributed by atoms with Gasteiger partial charge in [-0.15, -0.1) is 0 Å². The topological polar surface area (TPSA) is 182 Å². The number of ether oxygens (including phenoxy) is 3. The lowest BCUT2D eigenvalue weighted by atomic mass is 10.0. The lowest BCUT2D eigenvalue weighted by Gasteiger charge is -2.29. The van der Waals surface area contributed by atoms with E-state index in [0.29, 0.717) is 50.8 Å². The number of amides is 4. The second kappa shape index (κ2) is 15.7. The molecule has 1 aromatic carbocycles. The van der Waals surface area contributed by atoms with Crippen molar-refractivity contribution in [3.63, 3.8) is 0 Å². The zero-order valence-corrected chi connectivity index (χ0v) is 31.2. The number of carbonyl (C=O) groups excluding carboxylic acids is 4. The summed E-state index contributed by atoms with van der Waals surface area (Å²) in [6.45, 7) is 0.247. The van der Waals surface area contributed by atoms with E-state index in [0.717, 1.165) is 73.5 Å². The first-order valence-corrected chi connectivity index (χ1v) is 20.9. The molecule has 5 aliphatic rings. The molecule has 4 fully saturated rings. The van der Waals surface area contributed by atoms with Crippen LogP contribution in [0.5, 0.6) is 11.6 Å². The van der Waals surface area contributed by atoms with E-state index in [2.05, 4.69) is 20.3 Å². The Kier molecular flexibility index (Phi) is 11.0. The number of carbonyl (C=O) groups is 4. The maximum atomic E-state index is 14.5. The Morgan fingerprint density at radius 2 is 1.75 bits per heavy atom. The molecule has 14 nitrogen and oxygen atoms in total. The largest absolute Gasteiger partial charge is 0.496 e. The number of hydrogen-bond acceptors (Lipinski definition) is 10. The van der Waals surface area contributed by atoms with E-state index in [9.17, 15) is 27.6 Å². The van der Waals surface area contributed by atoms with Crippen molar-refractivity contribution in [2.24, 2.45) is 5.92 Å². The molecule has 15 heteroatoms. The SMILES string of the molecule is COc1cc2ccnc3c2cc1CCCCCCOC(=O)N[C@H]1CCCCCCC[C@H]2C[C@@]2(C(=O)NS(=O)(=O)C2CC2)NC(=O)[C@@H]2C[C@H](CN2C1=O)O3. The zero-order valence-electron chi connectivity index (χ0n) is 30.4. The van der Waals surface area contributed by atoms with Crippen LogP contribution in [0, 0.1) is 5.92 Å². The van der Waals surface area contributed by atoms with E-state index in [4.69, 9.17) is 14.2 Å². The van der Waals surface area contributed by atoms with Gasteiger partial charge in [0.05, 0.1) is 25.5 Å². The molecule has 2 saturated carbocycles. The minimum absolute atomic E-state index is 0.0317. The van der Waals surface area contributed by atoms with E-state index < -0.39 is 62.8 Å². The molecule has 2 saturated heterocycles. The monoisotopic (exact) mass is 753 g/mol. The number of benzene rings is 1. The minimum atomic E-state index is -3.85. The molecule has 0 unspecified atom stereocenters. The molecule has 1 aromatic heterocycles. The Balaban J connectivity index is 1.22. The smallest absolute Gasteiger partial charge is 0.407 e. The molecular weight excluding hydrogens is 703 g/mol. The normalized spacial score (nSPS) is 29.2. The van der Waals surface area contributed by atoms with Crippen LogP contribution in [0.3, 0.4) is 0 Å². The van der Waals surface area contributed by atoms with Crippen molar-refractivity contribution in [2.75, 3.05) is 20.3 Å². The fraction of sp³-hybridized carbons (Fsp3) is 0.658. The maximum absolute atomic E-state index is 14.5. The molecule has 3 N–H and O–H groups in total. The van der Waals surface area contributed by atoms with Crippen LogP contribution < -0.4 is 24.8 Å². The van der Waals surface area contributed by atoms with Gasteiger partial charge in [-0.25, -0.2) is 18.2 Å². The van der Waals surface area contributed by atoms with Crippen LogP contribution in [-0.4, -0.2) is 91.4 Å². The number of aromatic nitrogens is 1. The van der Waals surface area contributed by atoms with Gasteiger partial charge in [-0.1, -0.05) is 44.9 Å². The number of alkyl carbamates (subject to hydrolysis) is 1. The minimum Gasteiger partial charge on any atom is -0.496 e. The summed E-state index contributed by atoms with van der Waals surface area (Å²) in [5.74, 6) is -0.834. The molecule has 53 heavy (non-hydrogen) atoms. The highest BCUT2D eigenvalue weighted by molar-refractivity contribution is 7.91. The van der Waals surface area contributed by atoms with Crippen molar-refractivity contribution in [3.8, 4) is 11.6 Å². The van der Waals surface area contributed by atoms with Crippen LogP contribution >= 0.6 is 0 Å². The number of nitrogens with zero attached hydrogens (tertiary/aromatic N) is 2. The van der Waals surface area contributed by atoms with Crippen molar-refractivity contribution < 1.29 is 41.8 Å². The second-order valence-corrected chi connectivity index (χ2v) is 17.3. The lowest BCUT2D eigenvalue weighted by molar-refractivity contribution is -0.141. The molecular formula is C38H51N5O9S. The number of methoxy groups -OCH3 is 1. The van der Waals surface area contributed by atoms with Crippen molar-refractivity contribution in [1.29, 1.82) is 0 Å². The van der Waals surface area contributed by atoms with Crippen molar-refractivity contribution >= 4 is 44.6 Å². The fourth-order valence-corrected chi connectivity index (χ4v) is 9.59. The number of hydrogen-bond donors (Lipinski definition) is 3. The lowest BCUT2D eigenvalue weighted by Crippen LogP contribution is -2.58. The molecule has 7 rings (SSSR count). The van der Waals surface area contributed by atoms with Gasteiger partial charge < -0.3 is 29.7 Å². The summed E-state index contributed by atoms with van der Waals surface area (Å²) in [6, 6.07) is 3.88. The molecule has 4 amide bonds. The van der Waals surface area contributed by atoms with E-state index in [-0.39, 0.29) is 25.5 Å². The van der Waals surface area contributed by atoms with Crippen LogP contribution in [-0.2, 0) is 35.6 Å². The van der Waals surface area contributed by atoms with Crippen molar-refractivity contribution in [3.05, 3.63) is 30.0 Å². The van der Waals surface area contributed by atoms with E-state index >= 15 is 0 Å². The van der Waals surface area contributed by atoms with Crippen LogP contribution in [0.25, 0.3) is 10.8 Å². The van der Waals surface area contributed by atoms with Gasteiger partial charge in [-0.2, -0.15) is 0 Å². The summed E-state index contributed by atoms with van der Waals surface area (Å²) in [6.07, 6.45) is 11.0. The standard InChI is InChI=1S/C38H51N5O9S/c1-50-32-20-24-16-17-39-34-29(24)19-25(32)11-7-5-6-10-18-51-37(47)40-30-13-9-4-2-3-8-12-26-22-38(26,36(46)42-53(48,49)28-14-15-28)41-33(44)31-21-27(52-34)23-43(31)35(30)45/h16-17,19-20,26-28,30-31H,2-15,18,21-23H2,1H3,(H,40,47)(H,41,44)(H,42,46)/t26-,27+,30-,31-,38+/m0/s1. The first kappa shape index (κ1) is 37.2. The quantitative estimate of drug-likeness (QED) is 0.412. The number of rotatable bonds is 4. The highest BCUT2D eigenvalue weighted by Gasteiger charge is 2.62. The highest BCUT2D eigenvalue weighted by atomic mass is 32.2. The van der Waals surface area contributed by atoms with Crippen molar-refractivity contribution in [2.45, 2.75) is 132 Å². The van der Waals surface area contributed by atoms with E-state index in [1.165, 1.54) is 4.90 Å². The average molecular weight is 754 g/mol. The van der Waals surface area contributed by atoms with Crippen LogP contribution in [0.4, 0.5) is 4.79 Å². The Bertz CT molecular complexity index is 1840. The molecule has 2 aliphatic carbocycles. The molecule has 0 spiro atoms. The Morgan fingerprint density at radius 1 is 1.00 bits per heavy atom. The highest BCUT2D eigenvalue weighted by Crippen LogP contribution is 2.48. The number of sulfonamides is 1. The Morgan fingerprint density at radius 3 is 2.55 bits per heavy atom. The number of nitrogens with one attached hydrogen (secondary N) is 3. The van der Waals surface area contributed by atoms with E-state index in [1.807, 2.05) is 18.2 Å². The van der Waals surface area contributed by atoms with Gasteiger partial charge in [-0.05, 0) is 86.4 Å². The summed E-state index contributed by atoms with van der Waals surface area (Å²) < 4.78 is 45.7. The summed E-state index contributed by atoms with van der Waals surface area (Å²) in [7, 11) is -2.21. The van der Waals surface area contributed by atoms with Gasteiger partial charge in [-0.3, -0.25) is 19.1 Å².